The number of nitrogens with zero attached hydrogens (tertiary/aromatic N) is 5. The minimum Gasteiger partial charge on any atom is -0.396 e. The molecule has 0 fully saturated rings. The number of carbonyl (C=O) groups is 1. The van der Waals surface area contributed by atoms with Gasteiger partial charge in [-0.25, -0.2) is 0 Å². The molecule has 1 aromatic heterocycles. The summed E-state index contributed by atoms with van der Waals surface area (Å²) in [5, 5.41) is 21.3. The van der Waals surface area contributed by atoms with Gasteiger partial charge in [0.25, 0.3) is 0 Å². The average molecular weight is 246 g/mol. The van der Waals surface area contributed by atoms with Gasteiger partial charge in [0.15, 0.2) is 0 Å². The summed E-state index contributed by atoms with van der Waals surface area (Å²) in [6.45, 7) is 3.28. The molecule has 18 heavy (non-hydrogen) atoms. The number of carbonyl (C=O) groups excluding carboxylic acids is 1. The highest BCUT2D eigenvalue weighted by molar-refractivity contribution is 5.76. The number of nitrogen functional groups attached to an aromatic ring is 1. The largest absolute Gasteiger partial charge is 0.396 e. The Morgan fingerprint density at radius 1 is 1.39 bits per heavy atom. The van der Waals surface area contributed by atoms with Crippen LogP contribution in [0.15, 0.2) is 0 Å². The van der Waals surface area contributed by atoms with Gasteiger partial charge in [-0.3, -0.25) is 9.48 Å². The SMILES string of the molecule is Cc1nn(CC(=O)N(CC#N)CC#N)c(C)c1N. The molecule has 7 nitrogen and oxygen atoms in total. The third-order valence-electron chi connectivity index (χ3n) is 2.60. The zero-order chi connectivity index (χ0) is 13.7. The number of anilines is 1. The number of nitriles is 2. The van der Waals surface area contributed by atoms with E-state index in [1.54, 1.807) is 13.8 Å². The molecule has 0 saturated heterocycles. The van der Waals surface area contributed by atoms with Gasteiger partial charge < -0.3 is 10.6 Å². The first-order valence-corrected chi connectivity index (χ1v) is 5.32. The number of aryl methyl sites for hydroxylation is 1. The lowest BCUT2D eigenvalue weighted by Crippen LogP contribution is -2.35. The Balaban J connectivity index is 2.83. The maximum Gasteiger partial charge on any atom is 0.246 e. The second-order valence-corrected chi connectivity index (χ2v) is 3.81. The molecule has 1 aromatic rings. The van der Waals surface area contributed by atoms with E-state index < -0.39 is 0 Å². The van der Waals surface area contributed by atoms with Crippen LogP contribution in [-0.2, 0) is 11.3 Å². The van der Waals surface area contributed by atoms with Gasteiger partial charge in [-0.2, -0.15) is 15.6 Å². The van der Waals surface area contributed by atoms with E-state index in [9.17, 15) is 4.79 Å². The lowest BCUT2D eigenvalue weighted by molar-refractivity contribution is -0.130. The number of nitrogens with two attached hydrogens (primary N) is 1. The normalized spacial score (nSPS) is 9.56. The lowest BCUT2D eigenvalue weighted by Gasteiger charge is -2.16. The van der Waals surface area contributed by atoms with Crippen LogP contribution in [0.5, 0.6) is 0 Å². The molecule has 1 heterocycles. The molecular weight excluding hydrogens is 232 g/mol. The van der Waals surface area contributed by atoms with Gasteiger partial charge in [-0.1, -0.05) is 0 Å². The Morgan fingerprint density at radius 2 is 1.94 bits per heavy atom. The minimum atomic E-state index is -0.330. The Bertz CT molecular complexity index is 517. The van der Waals surface area contributed by atoms with Crippen LogP contribution in [0.3, 0.4) is 0 Å². The van der Waals surface area contributed by atoms with Gasteiger partial charge in [0, 0.05) is 0 Å². The molecule has 1 rings (SSSR count). The zero-order valence-electron chi connectivity index (χ0n) is 10.3. The molecule has 0 aliphatic carbocycles. The van der Waals surface area contributed by atoms with Gasteiger partial charge in [-0.05, 0) is 13.8 Å². The van der Waals surface area contributed by atoms with Crippen LogP contribution >= 0.6 is 0 Å². The van der Waals surface area contributed by atoms with Crippen molar-refractivity contribution in [1.29, 1.82) is 10.5 Å². The van der Waals surface area contributed by atoms with Crippen LogP contribution in [0.4, 0.5) is 5.69 Å². The molecule has 0 atom stereocenters. The Hall–Kier alpha value is -2.54. The molecule has 0 radical (unpaired) electrons. The van der Waals surface area contributed by atoms with Crippen LogP contribution < -0.4 is 5.73 Å². The molecule has 0 aromatic carbocycles. The van der Waals surface area contributed by atoms with Crippen molar-refractivity contribution in [2.24, 2.45) is 0 Å². The number of hydrogen-bond donors (Lipinski definition) is 1. The van der Waals surface area contributed by atoms with Gasteiger partial charge >= 0.3 is 0 Å². The summed E-state index contributed by atoms with van der Waals surface area (Å²) in [6, 6.07) is 3.70. The predicted octanol–water partition coefficient (Wildman–Crippen LogP) is -0.0421. The number of aromatic nitrogens is 2. The molecule has 0 aliphatic rings. The van der Waals surface area contributed by atoms with Crippen LogP contribution in [-0.4, -0.2) is 33.7 Å². The zero-order valence-corrected chi connectivity index (χ0v) is 10.3. The monoisotopic (exact) mass is 246 g/mol. The van der Waals surface area contributed by atoms with E-state index in [4.69, 9.17) is 16.3 Å². The fourth-order valence-corrected chi connectivity index (χ4v) is 1.50. The highest BCUT2D eigenvalue weighted by Gasteiger charge is 2.16. The van der Waals surface area contributed by atoms with E-state index in [1.807, 2.05) is 12.1 Å². The van der Waals surface area contributed by atoms with E-state index in [-0.39, 0.29) is 25.5 Å². The summed E-state index contributed by atoms with van der Waals surface area (Å²) in [4.78, 5) is 13.1. The van der Waals surface area contributed by atoms with E-state index in [2.05, 4.69) is 5.10 Å². The van der Waals surface area contributed by atoms with Crippen LogP contribution in [0.25, 0.3) is 0 Å². The Morgan fingerprint density at radius 3 is 2.33 bits per heavy atom. The van der Waals surface area contributed by atoms with E-state index in [1.165, 1.54) is 9.58 Å². The highest BCUT2D eigenvalue weighted by atomic mass is 16.2. The molecular formula is C11H14N6O. The van der Waals surface area contributed by atoms with Crippen molar-refractivity contribution in [3.05, 3.63) is 11.4 Å². The first-order chi connectivity index (χ1) is 8.51. The molecule has 2 N–H and O–H groups in total. The van der Waals surface area contributed by atoms with Crippen molar-refractivity contribution in [2.45, 2.75) is 20.4 Å². The van der Waals surface area contributed by atoms with E-state index in [0.29, 0.717) is 17.1 Å². The van der Waals surface area contributed by atoms with Crippen molar-refractivity contribution in [3.63, 3.8) is 0 Å². The van der Waals surface area contributed by atoms with Gasteiger partial charge in [0.1, 0.15) is 19.6 Å². The van der Waals surface area contributed by atoms with Crippen LogP contribution in [0.1, 0.15) is 11.4 Å². The fourth-order valence-electron chi connectivity index (χ4n) is 1.50. The number of amides is 1. The maximum atomic E-state index is 11.9. The summed E-state index contributed by atoms with van der Waals surface area (Å²) < 4.78 is 1.48. The van der Waals surface area contributed by atoms with Crippen molar-refractivity contribution in [3.8, 4) is 12.1 Å². The molecule has 0 aliphatic heterocycles. The lowest BCUT2D eigenvalue weighted by atomic mass is 10.3. The van der Waals surface area contributed by atoms with Gasteiger partial charge in [-0.15, -0.1) is 0 Å². The van der Waals surface area contributed by atoms with Crippen molar-refractivity contribution in [2.75, 3.05) is 18.8 Å². The second kappa shape index (κ2) is 5.69. The van der Waals surface area contributed by atoms with Crippen molar-refractivity contribution >= 4 is 11.6 Å². The molecule has 0 spiro atoms. The smallest absolute Gasteiger partial charge is 0.246 e. The Kier molecular flexibility index (Phi) is 4.27. The summed E-state index contributed by atoms with van der Waals surface area (Å²) in [7, 11) is 0. The fraction of sp³-hybridized carbons (Fsp3) is 0.455. The van der Waals surface area contributed by atoms with Crippen molar-refractivity contribution in [1.82, 2.24) is 14.7 Å². The quantitative estimate of drug-likeness (QED) is 0.749. The van der Waals surface area contributed by atoms with Gasteiger partial charge in [0.05, 0.1) is 29.2 Å². The molecule has 94 valence electrons. The summed E-state index contributed by atoms with van der Waals surface area (Å²) >= 11 is 0. The highest BCUT2D eigenvalue weighted by Crippen LogP contribution is 2.14. The predicted molar refractivity (Wildman–Crippen MR) is 63.9 cm³/mol. The average Bonchev–Trinajstić information content (AvgIpc) is 2.57. The molecule has 1 amide bonds. The molecule has 0 bridgehead atoms. The number of hydrogen-bond acceptors (Lipinski definition) is 5. The van der Waals surface area contributed by atoms with Crippen LogP contribution in [0, 0.1) is 36.5 Å². The van der Waals surface area contributed by atoms with E-state index in [0.717, 1.165) is 0 Å². The minimum absolute atomic E-state index is 0.0206. The number of rotatable bonds is 4. The topological polar surface area (TPSA) is 112 Å². The second-order valence-electron chi connectivity index (χ2n) is 3.81. The molecule has 0 unspecified atom stereocenters. The van der Waals surface area contributed by atoms with E-state index >= 15 is 0 Å². The Labute approximate surface area is 105 Å². The summed E-state index contributed by atoms with van der Waals surface area (Å²) in [5.74, 6) is -0.330. The maximum absolute atomic E-state index is 11.9. The summed E-state index contributed by atoms with van der Waals surface area (Å²) in [5.41, 5.74) is 7.67. The van der Waals surface area contributed by atoms with Gasteiger partial charge in [0.2, 0.25) is 5.91 Å². The molecule has 7 heteroatoms. The first-order valence-electron chi connectivity index (χ1n) is 5.32. The first kappa shape index (κ1) is 13.5. The van der Waals surface area contributed by atoms with Crippen molar-refractivity contribution < 1.29 is 4.79 Å². The van der Waals surface area contributed by atoms with Crippen LogP contribution in [0.2, 0.25) is 0 Å². The summed E-state index contributed by atoms with van der Waals surface area (Å²) in [6.07, 6.45) is 0. The molecule has 0 saturated carbocycles. The third kappa shape index (κ3) is 2.77. The standard InChI is InChI=1S/C11H14N6O/c1-8-11(14)9(2)17(15-8)7-10(18)16(5-3-12)6-4-13/h5-7,14H2,1-2H3. The third-order valence-corrected chi connectivity index (χ3v) is 2.60.